The molecule has 0 N–H and O–H groups in total. The number of carbonyl (C=O) groups excluding carboxylic acids is 1. The van der Waals surface area contributed by atoms with Gasteiger partial charge >= 0.3 is 6.18 Å². The number of aromatic nitrogens is 3. The number of carbonyl (C=O) groups is 1. The third kappa shape index (κ3) is 4.37. The van der Waals surface area contributed by atoms with E-state index in [1.54, 1.807) is 27.9 Å². The molecule has 168 valence electrons. The Morgan fingerprint density at radius 3 is 2.45 bits per heavy atom. The molecule has 0 radical (unpaired) electrons. The van der Waals surface area contributed by atoms with Crippen molar-refractivity contribution in [1.29, 1.82) is 5.26 Å². The van der Waals surface area contributed by atoms with Gasteiger partial charge in [-0.25, -0.2) is 9.67 Å². The van der Waals surface area contributed by atoms with Gasteiger partial charge in [0.15, 0.2) is 5.65 Å². The number of likely N-dealkylation sites (tertiary alicyclic amines) is 1. The summed E-state index contributed by atoms with van der Waals surface area (Å²) in [7, 11) is 0. The average molecular weight is 451 g/mol. The predicted molar refractivity (Wildman–Crippen MR) is 117 cm³/mol. The van der Waals surface area contributed by atoms with E-state index in [1.165, 1.54) is 18.2 Å². The van der Waals surface area contributed by atoms with Gasteiger partial charge < -0.3 is 4.90 Å². The van der Waals surface area contributed by atoms with Crippen LogP contribution in [0.15, 0.2) is 65.9 Å². The quantitative estimate of drug-likeness (QED) is 0.321. The molecule has 1 aliphatic rings. The zero-order chi connectivity index (χ0) is 23.8. The van der Waals surface area contributed by atoms with Gasteiger partial charge in [0.2, 0.25) is 0 Å². The van der Waals surface area contributed by atoms with E-state index in [-0.39, 0.29) is 17.5 Å². The van der Waals surface area contributed by atoms with Gasteiger partial charge in [0.1, 0.15) is 17.3 Å². The second kappa shape index (κ2) is 8.54. The lowest BCUT2D eigenvalue weighted by molar-refractivity contribution is -0.137. The molecule has 2 aromatic heterocycles. The topological polar surface area (TPSA) is 74.8 Å². The van der Waals surface area contributed by atoms with Crippen LogP contribution in [0.2, 0.25) is 0 Å². The molecule has 1 amide bonds. The molecule has 1 aromatic carbocycles. The summed E-state index contributed by atoms with van der Waals surface area (Å²) in [6.45, 7) is 4.46. The summed E-state index contributed by atoms with van der Waals surface area (Å²) in [6, 6.07) is 10.2. The first-order valence-electron chi connectivity index (χ1n) is 10.2. The van der Waals surface area contributed by atoms with Crippen LogP contribution >= 0.6 is 0 Å². The maximum Gasteiger partial charge on any atom is 0.416 e. The highest BCUT2D eigenvalue weighted by atomic mass is 19.4. The van der Waals surface area contributed by atoms with E-state index in [1.807, 2.05) is 26.0 Å². The molecule has 0 aliphatic carbocycles. The van der Waals surface area contributed by atoms with Gasteiger partial charge in [0.05, 0.1) is 11.6 Å². The van der Waals surface area contributed by atoms with Gasteiger partial charge in [-0.2, -0.15) is 23.5 Å². The van der Waals surface area contributed by atoms with Gasteiger partial charge in [-0.3, -0.25) is 4.79 Å². The predicted octanol–water partition coefficient (Wildman–Crippen LogP) is 4.92. The summed E-state index contributed by atoms with van der Waals surface area (Å²) < 4.78 is 40.5. The lowest BCUT2D eigenvalue weighted by atomic mass is 10.1. The van der Waals surface area contributed by atoms with E-state index in [9.17, 15) is 23.2 Å². The third-order valence-electron chi connectivity index (χ3n) is 5.38. The van der Waals surface area contributed by atoms with Crippen LogP contribution in [0.1, 0.15) is 25.5 Å². The Kier molecular flexibility index (Phi) is 5.77. The smallest absolute Gasteiger partial charge is 0.334 e. The molecule has 0 atom stereocenters. The summed E-state index contributed by atoms with van der Waals surface area (Å²) in [5.74, 6) is -0.348. The summed E-state index contributed by atoms with van der Waals surface area (Å²) in [5.41, 5.74) is 1.97. The molecule has 4 rings (SSSR count). The largest absolute Gasteiger partial charge is 0.416 e. The fourth-order valence-corrected chi connectivity index (χ4v) is 3.61. The Bertz CT molecular complexity index is 1300. The molecule has 0 spiro atoms. The highest BCUT2D eigenvalue weighted by molar-refractivity contribution is 5.98. The summed E-state index contributed by atoms with van der Waals surface area (Å²) >= 11 is 0. The van der Waals surface area contributed by atoms with E-state index < -0.39 is 11.7 Å². The number of nitrogens with zero attached hydrogens (tertiary/aromatic N) is 5. The zero-order valence-corrected chi connectivity index (χ0v) is 18.0. The summed E-state index contributed by atoms with van der Waals surface area (Å²) in [6.07, 6.45) is 0.438. The fourth-order valence-electron chi connectivity index (χ4n) is 3.61. The van der Waals surface area contributed by atoms with Crippen LogP contribution in [0, 0.1) is 11.3 Å². The van der Waals surface area contributed by atoms with Crippen LogP contribution in [0.25, 0.3) is 22.3 Å². The zero-order valence-electron chi connectivity index (χ0n) is 18.0. The summed E-state index contributed by atoms with van der Waals surface area (Å²) in [4.78, 5) is 18.6. The van der Waals surface area contributed by atoms with Crippen molar-refractivity contribution in [2.75, 3.05) is 13.1 Å². The molecule has 3 heterocycles. The van der Waals surface area contributed by atoms with Gasteiger partial charge in [0, 0.05) is 30.2 Å². The number of pyridine rings is 1. The fraction of sp³-hybridized carbons (Fsp3) is 0.250. The van der Waals surface area contributed by atoms with E-state index >= 15 is 0 Å². The Labute approximate surface area is 188 Å². The Morgan fingerprint density at radius 1 is 1.15 bits per heavy atom. The minimum absolute atomic E-state index is 0.0588. The maximum absolute atomic E-state index is 12.9. The number of halogens is 3. The minimum atomic E-state index is -4.41. The van der Waals surface area contributed by atoms with Crippen LogP contribution in [0.4, 0.5) is 13.2 Å². The highest BCUT2D eigenvalue weighted by Gasteiger charge is 2.35. The van der Waals surface area contributed by atoms with Crippen LogP contribution in [-0.2, 0) is 11.0 Å². The van der Waals surface area contributed by atoms with Crippen molar-refractivity contribution in [1.82, 2.24) is 19.7 Å². The molecule has 0 bridgehead atoms. The Morgan fingerprint density at radius 2 is 1.85 bits per heavy atom. The van der Waals surface area contributed by atoms with E-state index in [0.29, 0.717) is 35.4 Å². The molecule has 6 nitrogen and oxygen atoms in total. The van der Waals surface area contributed by atoms with Gasteiger partial charge in [-0.05, 0) is 44.2 Å². The van der Waals surface area contributed by atoms with E-state index in [4.69, 9.17) is 0 Å². The Balaban J connectivity index is 1.60. The molecule has 3 aromatic rings. The molecule has 9 heteroatoms. The second-order valence-corrected chi connectivity index (χ2v) is 8.04. The molecule has 1 aliphatic heterocycles. The highest BCUT2D eigenvalue weighted by Crippen LogP contribution is 2.34. The molecule has 0 unspecified atom stereocenters. The normalized spacial score (nSPS) is 14.7. The van der Waals surface area contributed by atoms with Crippen molar-refractivity contribution < 1.29 is 18.0 Å². The van der Waals surface area contributed by atoms with Crippen molar-refractivity contribution in [3.05, 3.63) is 71.5 Å². The Hall–Kier alpha value is -3.93. The maximum atomic E-state index is 12.9. The van der Waals surface area contributed by atoms with Crippen LogP contribution < -0.4 is 0 Å². The van der Waals surface area contributed by atoms with E-state index in [2.05, 4.69) is 10.1 Å². The molecular formula is C24H20F3N5O. The number of hydrogen-bond donors (Lipinski definition) is 0. The van der Waals surface area contributed by atoms with Crippen LogP contribution in [0.3, 0.4) is 0 Å². The number of rotatable bonds is 4. The van der Waals surface area contributed by atoms with Crippen molar-refractivity contribution in [3.8, 4) is 17.3 Å². The van der Waals surface area contributed by atoms with Crippen LogP contribution in [0.5, 0.6) is 0 Å². The van der Waals surface area contributed by atoms with Crippen LogP contribution in [-0.4, -0.2) is 38.7 Å². The number of benzene rings is 1. The number of nitriles is 1. The summed E-state index contributed by atoms with van der Waals surface area (Å²) in [5, 5.41) is 14.7. The number of fused-ring (bicyclic) bond motifs is 1. The third-order valence-corrected chi connectivity index (χ3v) is 5.38. The SMILES string of the molecule is CC(C)=CC=C(C#N)C(=O)N1CC(n2nc(-c3ccc(C(F)(F)F)cc3)c3cccnc32)C1. The molecule has 33 heavy (non-hydrogen) atoms. The first-order valence-corrected chi connectivity index (χ1v) is 10.2. The first kappa shape index (κ1) is 22.3. The number of alkyl halides is 3. The minimum Gasteiger partial charge on any atom is -0.334 e. The van der Waals surface area contributed by atoms with Gasteiger partial charge in [-0.1, -0.05) is 23.8 Å². The van der Waals surface area contributed by atoms with Gasteiger partial charge in [-0.15, -0.1) is 0 Å². The standard InChI is InChI=1S/C24H20F3N5O/c1-15(2)5-6-17(12-28)23(33)31-13-19(14-31)32-22-20(4-3-11-29-22)21(30-32)16-7-9-18(10-8-16)24(25,26)27/h3-11,19H,13-14H2,1-2H3. The molecule has 1 fully saturated rings. The number of allylic oxidation sites excluding steroid dienone is 3. The van der Waals surface area contributed by atoms with E-state index in [0.717, 1.165) is 17.7 Å². The lowest BCUT2D eigenvalue weighted by Crippen LogP contribution is -2.51. The molecule has 1 saturated heterocycles. The monoisotopic (exact) mass is 451 g/mol. The second-order valence-electron chi connectivity index (χ2n) is 8.04. The van der Waals surface area contributed by atoms with Crippen molar-refractivity contribution in [2.45, 2.75) is 26.1 Å². The lowest BCUT2D eigenvalue weighted by Gasteiger charge is -2.39. The molecule has 0 saturated carbocycles. The number of amides is 1. The average Bonchev–Trinajstić information content (AvgIpc) is 3.12. The first-order chi connectivity index (χ1) is 15.7. The van der Waals surface area contributed by atoms with Crippen molar-refractivity contribution >= 4 is 16.9 Å². The number of hydrogen-bond acceptors (Lipinski definition) is 4. The van der Waals surface area contributed by atoms with Crippen molar-refractivity contribution in [2.24, 2.45) is 0 Å². The van der Waals surface area contributed by atoms with Crippen molar-refractivity contribution in [3.63, 3.8) is 0 Å². The molecular weight excluding hydrogens is 431 g/mol. The van der Waals surface area contributed by atoms with Gasteiger partial charge in [0.25, 0.3) is 5.91 Å².